The Bertz CT molecular complexity index is 423. The largest absolute Gasteiger partial charge is 0.371 e. The second kappa shape index (κ2) is 5.60. The van der Waals surface area contributed by atoms with Gasteiger partial charge in [-0.05, 0) is 39.9 Å². The Labute approximate surface area is 107 Å². The maximum atomic E-state index is 5.18. The fraction of sp³-hybridized carbons (Fsp3) is 0.667. The summed E-state index contributed by atoms with van der Waals surface area (Å²) in [6, 6.07) is 1.90. The molecule has 1 aliphatic carbocycles. The molecule has 5 heteroatoms. The molecule has 0 spiro atoms. The number of aromatic nitrogens is 2. The van der Waals surface area contributed by atoms with Crippen molar-refractivity contribution in [3.63, 3.8) is 0 Å². The monoisotopic (exact) mass is 252 g/mol. The van der Waals surface area contributed by atoms with Gasteiger partial charge in [0.15, 0.2) is 0 Å². The third-order valence-corrected chi connectivity index (χ3v) is 3.03. The zero-order valence-electron chi connectivity index (χ0n) is 10.5. The zero-order chi connectivity index (χ0) is 12.3. The van der Waals surface area contributed by atoms with Gasteiger partial charge in [-0.1, -0.05) is 12.2 Å². The number of hydrogen-bond donors (Lipinski definition) is 2. The molecule has 0 radical (unpaired) electrons. The fourth-order valence-electron chi connectivity index (χ4n) is 1.74. The molecule has 0 aromatic carbocycles. The van der Waals surface area contributed by atoms with Crippen LogP contribution in [0.25, 0.3) is 0 Å². The van der Waals surface area contributed by atoms with E-state index in [1.54, 1.807) is 0 Å². The molecule has 2 N–H and O–H groups in total. The Kier molecular flexibility index (Phi) is 4.12. The quantitative estimate of drug-likeness (QED) is 0.602. The first-order valence-corrected chi connectivity index (χ1v) is 6.56. The molecular weight excluding hydrogens is 232 g/mol. The van der Waals surface area contributed by atoms with Gasteiger partial charge >= 0.3 is 0 Å². The molecule has 0 atom stereocenters. The maximum absolute atomic E-state index is 5.18. The van der Waals surface area contributed by atoms with Crippen LogP contribution < -0.4 is 5.32 Å². The molecule has 1 aromatic heterocycles. The number of rotatable bonds is 6. The predicted molar refractivity (Wildman–Crippen MR) is 73.1 cm³/mol. The van der Waals surface area contributed by atoms with E-state index in [0.717, 1.165) is 31.2 Å². The normalized spacial score (nSPS) is 15.2. The van der Waals surface area contributed by atoms with Crippen LogP contribution in [0.2, 0.25) is 0 Å². The van der Waals surface area contributed by atoms with Gasteiger partial charge in [-0.2, -0.15) is 0 Å². The molecule has 0 bridgehead atoms. The van der Waals surface area contributed by atoms with Gasteiger partial charge in [0.05, 0.1) is 0 Å². The van der Waals surface area contributed by atoms with Crippen LogP contribution in [0.4, 0.5) is 5.82 Å². The number of hydrogen-bond acceptors (Lipinski definition) is 4. The zero-order valence-corrected chi connectivity index (χ0v) is 11.3. The summed E-state index contributed by atoms with van der Waals surface area (Å²) < 4.78 is 0.681. The molecule has 0 unspecified atom stereocenters. The number of nitrogens with one attached hydrogen (secondary N) is 2. The Morgan fingerprint density at radius 3 is 2.94 bits per heavy atom. The number of nitrogens with zero attached hydrogens (tertiary/aromatic N) is 2. The summed E-state index contributed by atoms with van der Waals surface area (Å²) in [5, 5.41) is 3.38. The van der Waals surface area contributed by atoms with Crippen molar-refractivity contribution < 1.29 is 0 Å². The highest BCUT2D eigenvalue weighted by molar-refractivity contribution is 7.71. The van der Waals surface area contributed by atoms with Gasteiger partial charge in [0.2, 0.25) is 0 Å². The van der Waals surface area contributed by atoms with Gasteiger partial charge in [-0.15, -0.1) is 0 Å². The van der Waals surface area contributed by atoms with Gasteiger partial charge in [0, 0.05) is 18.5 Å². The lowest BCUT2D eigenvalue weighted by atomic mass is 10.3. The average Bonchev–Trinajstić information content (AvgIpc) is 3.07. The van der Waals surface area contributed by atoms with Crippen LogP contribution in [0.1, 0.15) is 31.0 Å². The summed E-state index contributed by atoms with van der Waals surface area (Å²) in [4.78, 5) is 9.88. The van der Waals surface area contributed by atoms with Crippen LogP contribution in [0.3, 0.4) is 0 Å². The van der Waals surface area contributed by atoms with Crippen molar-refractivity contribution in [2.45, 2.75) is 25.2 Å². The van der Waals surface area contributed by atoms with Crippen molar-refractivity contribution in [2.24, 2.45) is 0 Å². The van der Waals surface area contributed by atoms with Crippen LogP contribution in [-0.2, 0) is 0 Å². The van der Waals surface area contributed by atoms with E-state index in [1.165, 1.54) is 12.8 Å². The van der Waals surface area contributed by atoms with Gasteiger partial charge in [-0.25, -0.2) is 4.98 Å². The van der Waals surface area contributed by atoms with Gasteiger partial charge in [0.1, 0.15) is 16.3 Å². The van der Waals surface area contributed by atoms with E-state index < -0.39 is 0 Å². The highest BCUT2D eigenvalue weighted by Gasteiger charge is 2.25. The van der Waals surface area contributed by atoms with Crippen molar-refractivity contribution >= 4 is 18.0 Å². The number of aromatic amines is 1. The van der Waals surface area contributed by atoms with Crippen molar-refractivity contribution in [3.8, 4) is 0 Å². The van der Waals surface area contributed by atoms with E-state index >= 15 is 0 Å². The summed E-state index contributed by atoms with van der Waals surface area (Å²) >= 11 is 5.18. The predicted octanol–water partition coefficient (Wildman–Crippen LogP) is 2.38. The summed E-state index contributed by atoms with van der Waals surface area (Å²) in [6.07, 6.45) is 3.60. The molecule has 17 heavy (non-hydrogen) atoms. The molecule has 1 heterocycles. The first kappa shape index (κ1) is 12.5. The summed E-state index contributed by atoms with van der Waals surface area (Å²) in [5.74, 6) is 2.67. The van der Waals surface area contributed by atoms with Gasteiger partial charge < -0.3 is 15.2 Å². The molecule has 2 rings (SSSR count). The minimum atomic E-state index is 0.611. The van der Waals surface area contributed by atoms with Crippen LogP contribution in [0.5, 0.6) is 0 Å². The molecular formula is C12H20N4S. The molecule has 4 nitrogen and oxygen atoms in total. The highest BCUT2D eigenvalue weighted by atomic mass is 32.1. The summed E-state index contributed by atoms with van der Waals surface area (Å²) in [7, 11) is 4.18. The first-order chi connectivity index (χ1) is 8.15. The topological polar surface area (TPSA) is 44.0 Å². The second-order valence-corrected chi connectivity index (χ2v) is 5.29. The van der Waals surface area contributed by atoms with Crippen molar-refractivity contribution in [1.82, 2.24) is 14.9 Å². The molecule has 0 saturated heterocycles. The Balaban J connectivity index is 1.89. The Morgan fingerprint density at radius 1 is 1.53 bits per heavy atom. The molecule has 1 fully saturated rings. The Hall–Kier alpha value is -0.940. The van der Waals surface area contributed by atoms with E-state index in [4.69, 9.17) is 12.2 Å². The number of anilines is 1. The van der Waals surface area contributed by atoms with Crippen molar-refractivity contribution in [2.75, 3.05) is 32.5 Å². The smallest absolute Gasteiger partial charge is 0.131 e. The highest BCUT2D eigenvalue weighted by Crippen LogP contribution is 2.38. The lowest BCUT2D eigenvalue weighted by Gasteiger charge is -2.11. The van der Waals surface area contributed by atoms with E-state index in [9.17, 15) is 0 Å². The van der Waals surface area contributed by atoms with E-state index in [-0.39, 0.29) is 0 Å². The van der Waals surface area contributed by atoms with E-state index in [2.05, 4.69) is 34.3 Å². The molecule has 1 aromatic rings. The lowest BCUT2D eigenvalue weighted by Crippen LogP contribution is -2.16. The molecule has 94 valence electrons. The third kappa shape index (κ3) is 4.09. The minimum absolute atomic E-state index is 0.611. The maximum Gasteiger partial charge on any atom is 0.131 e. The first-order valence-electron chi connectivity index (χ1n) is 6.15. The third-order valence-electron chi connectivity index (χ3n) is 2.82. The number of H-pyrrole nitrogens is 1. The van der Waals surface area contributed by atoms with Gasteiger partial charge in [-0.3, -0.25) is 0 Å². The van der Waals surface area contributed by atoms with Crippen molar-refractivity contribution in [1.29, 1.82) is 0 Å². The van der Waals surface area contributed by atoms with Crippen LogP contribution in [0, 0.1) is 4.64 Å². The summed E-state index contributed by atoms with van der Waals surface area (Å²) in [5.41, 5.74) is 0. The molecule has 0 amide bonds. The minimum Gasteiger partial charge on any atom is -0.371 e. The van der Waals surface area contributed by atoms with E-state index in [0.29, 0.717) is 10.6 Å². The summed E-state index contributed by atoms with van der Waals surface area (Å²) in [6.45, 7) is 2.05. The standard InChI is InChI=1S/C12H20N4S/c1-16(2)7-3-6-13-10-8-11(17)15-12(14-10)9-4-5-9/h8-9H,3-7H2,1-2H3,(H2,13,14,15,17). The van der Waals surface area contributed by atoms with Crippen LogP contribution >= 0.6 is 12.2 Å². The SMILES string of the molecule is CN(C)CCCNc1cc(=S)nc(C2CC2)[nH]1. The van der Waals surface area contributed by atoms with Crippen LogP contribution in [0.15, 0.2) is 6.07 Å². The van der Waals surface area contributed by atoms with Crippen molar-refractivity contribution in [3.05, 3.63) is 16.5 Å². The van der Waals surface area contributed by atoms with Gasteiger partial charge in [0.25, 0.3) is 0 Å². The lowest BCUT2D eigenvalue weighted by molar-refractivity contribution is 0.405. The fourth-order valence-corrected chi connectivity index (χ4v) is 1.96. The van der Waals surface area contributed by atoms with E-state index in [1.807, 2.05) is 6.07 Å². The van der Waals surface area contributed by atoms with Crippen LogP contribution in [-0.4, -0.2) is 42.1 Å². The molecule has 1 aliphatic rings. The average molecular weight is 252 g/mol. The molecule has 0 aliphatic heterocycles. The Morgan fingerprint density at radius 2 is 2.29 bits per heavy atom. The molecule has 1 saturated carbocycles. The second-order valence-electron chi connectivity index (χ2n) is 4.88.